The van der Waals surface area contributed by atoms with Gasteiger partial charge in [0.05, 0.1) is 7.11 Å². The van der Waals surface area contributed by atoms with Crippen molar-refractivity contribution in [2.24, 2.45) is 0 Å². The lowest BCUT2D eigenvalue weighted by atomic mass is 9.87. The number of H-pyrrole nitrogens is 1. The summed E-state index contributed by atoms with van der Waals surface area (Å²) in [7, 11) is 1.71. The first-order valence-corrected chi connectivity index (χ1v) is 6.18. The van der Waals surface area contributed by atoms with Gasteiger partial charge in [0.1, 0.15) is 5.75 Å². The van der Waals surface area contributed by atoms with Gasteiger partial charge in [-0.05, 0) is 42.6 Å². The van der Waals surface area contributed by atoms with Crippen LogP contribution in [0.4, 0.5) is 0 Å². The van der Waals surface area contributed by atoms with Gasteiger partial charge in [-0.3, -0.25) is 0 Å². The molecule has 2 N–H and O–H groups in total. The van der Waals surface area contributed by atoms with Gasteiger partial charge in [0.15, 0.2) is 0 Å². The van der Waals surface area contributed by atoms with Gasteiger partial charge in [-0.25, -0.2) is 0 Å². The molecule has 1 aromatic heterocycles. The number of hydrogen-bond acceptors (Lipinski definition) is 2. The Bertz CT molecular complexity index is 528. The molecular formula is C14H18N2O. The third-order valence-electron chi connectivity index (χ3n) is 3.88. The SMILES string of the molecule is COc1ccc2[nH]cc(C(C)C3CCN3)c2c1. The summed E-state index contributed by atoms with van der Waals surface area (Å²) in [5, 5.41) is 4.76. The quantitative estimate of drug-likeness (QED) is 0.850. The Morgan fingerprint density at radius 1 is 1.41 bits per heavy atom. The zero-order valence-electron chi connectivity index (χ0n) is 10.3. The molecule has 3 rings (SSSR count). The van der Waals surface area contributed by atoms with Gasteiger partial charge in [-0.2, -0.15) is 0 Å². The molecule has 1 aromatic carbocycles. The van der Waals surface area contributed by atoms with E-state index in [1.807, 2.05) is 6.07 Å². The molecule has 1 aliphatic heterocycles. The lowest BCUT2D eigenvalue weighted by molar-refractivity contribution is 0.328. The second-order valence-electron chi connectivity index (χ2n) is 4.79. The van der Waals surface area contributed by atoms with Crippen molar-refractivity contribution in [3.63, 3.8) is 0 Å². The maximum atomic E-state index is 5.30. The van der Waals surface area contributed by atoms with E-state index < -0.39 is 0 Å². The largest absolute Gasteiger partial charge is 0.497 e. The monoisotopic (exact) mass is 230 g/mol. The van der Waals surface area contributed by atoms with Crippen LogP contribution in [0.15, 0.2) is 24.4 Å². The van der Waals surface area contributed by atoms with Crippen LogP contribution in [-0.2, 0) is 0 Å². The van der Waals surface area contributed by atoms with Crippen molar-refractivity contribution in [3.05, 3.63) is 30.0 Å². The number of ether oxygens (including phenoxy) is 1. The van der Waals surface area contributed by atoms with Gasteiger partial charge in [-0.15, -0.1) is 0 Å². The first-order chi connectivity index (χ1) is 8.29. The lowest BCUT2D eigenvalue weighted by Crippen LogP contribution is -2.46. The Balaban J connectivity index is 2.02. The highest BCUT2D eigenvalue weighted by Gasteiger charge is 2.26. The molecule has 0 radical (unpaired) electrons. The van der Waals surface area contributed by atoms with E-state index in [-0.39, 0.29) is 0 Å². The normalized spacial score (nSPS) is 21.2. The highest BCUT2D eigenvalue weighted by Crippen LogP contribution is 2.32. The van der Waals surface area contributed by atoms with E-state index in [4.69, 9.17) is 4.74 Å². The topological polar surface area (TPSA) is 37.0 Å². The molecule has 2 heterocycles. The number of methoxy groups -OCH3 is 1. The second kappa shape index (κ2) is 4.08. The zero-order valence-corrected chi connectivity index (χ0v) is 10.3. The molecule has 0 spiro atoms. The van der Waals surface area contributed by atoms with E-state index in [9.17, 15) is 0 Å². The summed E-state index contributed by atoms with van der Waals surface area (Å²) < 4.78 is 5.30. The molecule has 3 nitrogen and oxygen atoms in total. The van der Waals surface area contributed by atoms with Crippen LogP contribution in [0.5, 0.6) is 5.75 Å². The molecule has 90 valence electrons. The molecule has 17 heavy (non-hydrogen) atoms. The van der Waals surface area contributed by atoms with Crippen LogP contribution in [0.25, 0.3) is 10.9 Å². The predicted octanol–water partition coefficient (Wildman–Crippen LogP) is 2.64. The highest BCUT2D eigenvalue weighted by atomic mass is 16.5. The van der Waals surface area contributed by atoms with Gasteiger partial charge >= 0.3 is 0 Å². The summed E-state index contributed by atoms with van der Waals surface area (Å²) in [5.74, 6) is 1.47. The van der Waals surface area contributed by atoms with Crippen LogP contribution in [0.1, 0.15) is 24.8 Å². The molecule has 3 heteroatoms. The third kappa shape index (κ3) is 1.71. The minimum atomic E-state index is 0.546. The van der Waals surface area contributed by atoms with E-state index in [2.05, 4.69) is 35.6 Å². The Morgan fingerprint density at radius 3 is 2.88 bits per heavy atom. The fourth-order valence-electron chi connectivity index (χ4n) is 2.58. The van der Waals surface area contributed by atoms with Crippen LogP contribution in [-0.4, -0.2) is 24.7 Å². The van der Waals surface area contributed by atoms with Crippen LogP contribution in [0, 0.1) is 0 Å². The number of benzene rings is 1. The average Bonchev–Trinajstić information content (AvgIpc) is 2.68. The lowest BCUT2D eigenvalue weighted by Gasteiger charge is -2.33. The fourth-order valence-corrected chi connectivity index (χ4v) is 2.58. The molecule has 1 aliphatic rings. The molecule has 1 fully saturated rings. The van der Waals surface area contributed by atoms with E-state index in [0.717, 1.165) is 12.3 Å². The van der Waals surface area contributed by atoms with Crippen molar-refractivity contribution in [3.8, 4) is 5.75 Å². The van der Waals surface area contributed by atoms with E-state index in [1.165, 1.54) is 22.9 Å². The standard InChI is InChI=1S/C14H18N2O/c1-9(13-5-6-15-13)12-8-16-14-4-3-10(17-2)7-11(12)14/h3-4,7-9,13,15-16H,5-6H2,1-2H3. The summed E-state index contributed by atoms with van der Waals surface area (Å²) >= 11 is 0. The van der Waals surface area contributed by atoms with Crippen molar-refractivity contribution in [2.45, 2.75) is 25.3 Å². The van der Waals surface area contributed by atoms with Crippen LogP contribution >= 0.6 is 0 Å². The molecule has 1 saturated heterocycles. The molecule has 2 atom stereocenters. The van der Waals surface area contributed by atoms with Gasteiger partial charge in [0.25, 0.3) is 0 Å². The molecule has 0 bridgehead atoms. The number of hydrogen-bond donors (Lipinski definition) is 2. The number of aromatic amines is 1. The van der Waals surface area contributed by atoms with Gasteiger partial charge in [-0.1, -0.05) is 6.92 Å². The van der Waals surface area contributed by atoms with Crippen molar-refractivity contribution >= 4 is 10.9 Å². The predicted molar refractivity (Wildman–Crippen MR) is 69.7 cm³/mol. The second-order valence-corrected chi connectivity index (χ2v) is 4.79. The zero-order chi connectivity index (χ0) is 11.8. The summed E-state index contributed by atoms with van der Waals surface area (Å²) in [6.07, 6.45) is 3.41. The van der Waals surface area contributed by atoms with Crippen LogP contribution in [0.2, 0.25) is 0 Å². The maximum absolute atomic E-state index is 5.30. The van der Waals surface area contributed by atoms with Gasteiger partial charge < -0.3 is 15.0 Å². The van der Waals surface area contributed by atoms with E-state index >= 15 is 0 Å². The Morgan fingerprint density at radius 2 is 2.24 bits per heavy atom. The first kappa shape index (κ1) is 10.7. The Labute approximate surface area is 101 Å². The third-order valence-corrected chi connectivity index (χ3v) is 3.88. The first-order valence-electron chi connectivity index (χ1n) is 6.18. The molecule has 2 unspecified atom stereocenters. The van der Waals surface area contributed by atoms with E-state index in [1.54, 1.807) is 7.11 Å². The van der Waals surface area contributed by atoms with Crippen LogP contribution < -0.4 is 10.1 Å². The van der Waals surface area contributed by atoms with Crippen molar-refractivity contribution in [1.29, 1.82) is 0 Å². The minimum Gasteiger partial charge on any atom is -0.497 e. The summed E-state index contributed by atoms with van der Waals surface area (Å²) in [6.45, 7) is 3.44. The number of rotatable bonds is 3. The number of nitrogens with one attached hydrogen (secondary N) is 2. The molecule has 0 amide bonds. The van der Waals surface area contributed by atoms with Crippen molar-refractivity contribution in [2.75, 3.05) is 13.7 Å². The summed E-state index contributed by atoms with van der Waals surface area (Å²) in [5.41, 5.74) is 2.57. The number of aromatic nitrogens is 1. The molecule has 0 saturated carbocycles. The smallest absolute Gasteiger partial charge is 0.119 e. The van der Waals surface area contributed by atoms with E-state index in [0.29, 0.717) is 12.0 Å². The van der Waals surface area contributed by atoms with Gasteiger partial charge in [0, 0.05) is 23.1 Å². The minimum absolute atomic E-state index is 0.546. The van der Waals surface area contributed by atoms with Gasteiger partial charge in [0.2, 0.25) is 0 Å². The van der Waals surface area contributed by atoms with Crippen molar-refractivity contribution in [1.82, 2.24) is 10.3 Å². The average molecular weight is 230 g/mol. The Kier molecular flexibility index (Phi) is 2.56. The molecular weight excluding hydrogens is 212 g/mol. The Hall–Kier alpha value is -1.48. The summed E-state index contributed by atoms with van der Waals surface area (Å²) in [4.78, 5) is 3.34. The number of fused-ring (bicyclic) bond motifs is 1. The van der Waals surface area contributed by atoms with Crippen LogP contribution in [0.3, 0.4) is 0 Å². The molecule has 0 aliphatic carbocycles. The maximum Gasteiger partial charge on any atom is 0.119 e. The molecule has 2 aromatic rings. The van der Waals surface area contributed by atoms with Crippen molar-refractivity contribution < 1.29 is 4.74 Å². The fraction of sp³-hybridized carbons (Fsp3) is 0.429. The summed E-state index contributed by atoms with van der Waals surface area (Å²) in [6, 6.07) is 6.82. The highest BCUT2D eigenvalue weighted by molar-refractivity contribution is 5.85.